The predicted molar refractivity (Wildman–Crippen MR) is 330 cm³/mol. The molecule has 14 aromatic rings. The lowest BCUT2D eigenvalue weighted by molar-refractivity contribution is 0.668. The van der Waals surface area contributed by atoms with Crippen molar-refractivity contribution >= 4 is 99.5 Å². The van der Waals surface area contributed by atoms with Gasteiger partial charge in [-0.2, -0.15) is 0 Å². The maximum Gasteiger partial charge on any atom is 0.159 e. The molecule has 2 aliphatic carbocycles. The number of anilines is 6. The zero-order valence-electron chi connectivity index (χ0n) is 44.5. The number of furan rings is 2. The monoisotopic (exact) mass is 1010 g/mol. The van der Waals surface area contributed by atoms with Gasteiger partial charge >= 0.3 is 0 Å². The number of hydrogen-bond donors (Lipinski definition) is 0. The molecule has 0 aliphatic heterocycles. The topological polar surface area (TPSA) is 32.8 Å². The Morgan fingerprint density at radius 3 is 1.15 bits per heavy atom. The zero-order chi connectivity index (χ0) is 52.7. The van der Waals surface area contributed by atoms with Gasteiger partial charge in [0, 0.05) is 44.3 Å². The number of para-hydroxylation sites is 4. The van der Waals surface area contributed by atoms with Crippen molar-refractivity contribution in [3.05, 3.63) is 276 Å². The van der Waals surface area contributed by atoms with Crippen molar-refractivity contribution in [3.8, 4) is 22.3 Å². The van der Waals surface area contributed by atoms with Gasteiger partial charge < -0.3 is 18.6 Å². The fourth-order valence-electron chi connectivity index (χ4n) is 13.8. The molecule has 0 bridgehead atoms. The first-order valence-electron chi connectivity index (χ1n) is 27.8. The van der Waals surface area contributed by atoms with Crippen LogP contribution >= 0.6 is 0 Å². The molecular formula is C75H54N2O2. The van der Waals surface area contributed by atoms with Crippen molar-refractivity contribution < 1.29 is 8.83 Å². The van der Waals surface area contributed by atoms with E-state index >= 15 is 0 Å². The van der Waals surface area contributed by atoms with Crippen LogP contribution in [0.25, 0.3) is 87.7 Å². The van der Waals surface area contributed by atoms with Crippen molar-refractivity contribution in [2.24, 2.45) is 0 Å². The normalized spacial score (nSPS) is 13.1. The molecule has 16 rings (SSSR count). The van der Waals surface area contributed by atoms with Crippen LogP contribution in [0.4, 0.5) is 34.1 Å². The molecule has 1 spiro atoms. The summed E-state index contributed by atoms with van der Waals surface area (Å²) in [5.41, 5.74) is 22.2. The van der Waals surface area contributed by atoms with Crippen LogP contribution in [-0.2, 0) is 5.41 Å². The Kier molecular flexibility index (Phi) is 9.91. The molecule has 0 saturated carbocycles. The molecule has 4 nitrogen and oxygen atoms in total. The van der Waals surface area contributed by atoms with Gasteiger partial charge in [0.25, 0.3) is 0 Å². The third kappa shape index (κ3) is 6.55. The van der Waals surface area contributed by atoms with Crippen LogP contribution in [0.1, 0.15) is 72.9 Å². The average molecular weight is 1020 g/mol. The van der Waals surface area contributed by atoms with Crippen LogP contribution in [0.3, 0.4) is 0 Å². The highest BCUT2D eigenvalue weighted by atomic mass is 16.3. The summed E-state index contributed by atoms with van der Waals surface area (Å²) in [7, 11) is 0. The first-order valence-corrected chi connectivity index (χ1v) is 27.8. The molecule has 4 heteroatoms. The largest absolute Gasteiger partial charge is 0.454 e. The van der Waals surface area contributed by atoms with E-state index in [1.165, 1.54) is 77.2 Å². The van der Waals surface area contributed by atoms with E-state index in [0.29, 0.717) is 11.8 Å². The highest BCUT2D eigenvalue weighted by molar-refractivity contribution is 6.14. The highest BCUT2D eigenvalue weighted by Crippen LogP contribution is 2.66. The van der Waals surface area contributed by atoms with Crippen LogP contribution in [0, 0.1) is 0 Å². The molecule has 0 fully saturated rings. The molecule has 12 aromatic carbocycles. The van der Waals surface area contributed by atoms with Gasteiger partial charge in [-0.25, -0.2) is 0 Å². The fourth-order valence-corrected chi connectivity index (χ4v) is 13.8. The smallest absolute Gasteiger partial charge is 0.159 e. The van der Waals surface area contributed by atoms with Gasteiger partial charge in [-0.15, -0.1) is 0 Å². The summed E-state index contributed by atoms with van der Waals surface area (Å²) < 4.78 is 13.6. The first-order chi connectivity index (χ1) is 38.8. The minimum atomic E-state index is -0.613. The van der Waals surface area contributed by atoms with Crippen molar-refractivity contribution in [3.63, 3.8) is 0 Å². The summed E-state index contributed by atoms with van der Waals surface area (Å²) in [6, 6.07) is 90.0. The average Bonchev–Trinajstić information content (AvgIpc) is 2.08. The third-order valence-corrected chi connectivity index (χ3v) is 17.4. The molecule has 2 aromatic heterocycles. The maximum absolute atomic E-state index is 6.78. The van der Waals surface area contributed by atoms with Crippen molar-refractivity contribution in [1.82, 2.24) is 0 Å². The van der Waals surface area contributed by atoms with Crippen molar-refractivity contribution in [1.29, 1.82) is 0 Å². The van der Waals surface area contributed by atoms with E-state index < -0.39 is 5.41 Å². The second kappa shape index (κ2) is 17.2. The molecule has 0 radical (unpaired) electrons. The molecule has 2 aliphatic rings. The molecule has 0 amide bonds. The maximum atomic E-state index is 6.78. The second-order valence-corrected chi connectivity index (χ2v) is 22.3. The number of rotatable bonds is 8. The summed E-state index contributed by atoms with van der Waals surface area (Å²) in [4.78, 5) is 4.77. The number of hydrogen-bond acceptors (Lipinski definition) is 4. The Hall–Kier alpha value is -9.64. The Morgan fingerprint density at radius 1 is 0.316 bits per heavy atom. The molecule has 2 heterocycles. The third-order valence-electron chi connectivity index (χ3n) is 17.4. The van der Waals surface area contributed by atoms with E-state index in [0.717, 1.165) is 78.0 Å². The lowest BCUT2D eigenvalue weighted by Crippen LogP contribution is -2.26. The summed E-state index contributed by atoms with van der Waals surface area (Å²) >= 11 is 0. The lowest BCUT2D eigenvalue weighted by atomic mass is 9.68. The Bertz CT molecular complexity index is 4500. The van der Waals surface area contributed by atoms with E-state index in [9.17, 15) is 0 Å². The van der Waals surface area contributed by atoms with E-state index in [4.69, 9.17) is 8.83 Å². The van der Waals surface area contributed by atoms with Gasteiger partial charge in [0.2, 0.25) is 0 Å². The SMILES string of the molecule is CC(C)c1ccc(N(c2ccc3c4c(ccc3c2)-c2ccc3cc(N(c5ccc(C(C)C)cc5)c5cccc6c5oc5ccccc56)ccc3c2C42c3ccccc3-c3ccccc32)c2cccc3c2oc2ccccc23)cc1. The number of fused-ring (bicyclic) bond motifs is 20. The van der Waals surface area contributed by atoms with Crippen LogP contribution < -0.4 is 9.80 Å². The molecular weight excluding hydrogens is 961 g/mol. The Balaban J connectivity index is 0.918. The molecule has 376 valence electrons. The van der Waals surface area contributed by atoms with Crippen molar-refractivity contribution in [2.45, 2.75) is 44.9 Å². The van der Waals surface area contributed by atoms with Crippen LogP contribution in [-0.4, -0.2) is 0 Å². The second-order valence-electron chi connectivity index (χ2n) is 22.3. The molecule has 0 saturated heterocycles. The number of benzene rings is 12. The van der Waals surface area contributed by atoms with E-state index in [-0.39, 0.29) is 0 Å². The van der Waals surface area contributed by atoms with E-state index in [2.05, 4.69) is 268 Å². The molecule has 79 heavy (non-hydrogen) atoms. The lowest BCUT2D eigenvalue weighted by Gasteiger charge is -2.33. The molecule has 0 unspecified atom stereocenters. The summed E-state index contributed by atoms with van der Waals surface area (Å²) in [6.07, 6.45) is 0. The van der Waals surface area contributed by atoms with Gasteiger partial charge in [0.1, 0.15) is 11.2 Å². The van der Waals surface area contributed by atoms with E-state index in [1.807, 2.05) is 12.1 Å². The van der Waals surface area contributed by atoms with Gasteiger partial charge in [0.05, 0.1) is 16.8 Å². The first kappa shape index (κ1) is 45.5. The standard InChI is InChI=1S/C75H54N2O2/c1-45(2)47-27-33-51(34-28-47)76(67-23-13-19-63-59-17-7-11-25-69(59)78-73(63)67)53-37-41-55-49(43-53)31-39-61-62-40-32-50-44-54(38-42-56(50)72(62)75(71(55)61)65-21-9-5-15-57(65)58-16-6-10-22-66(58)75)77(52-35-29-48(30-36-52)46(3)4)68-24-14-20-64-60-18-8-12-26-70(60)79-74(64)68/h5-46H,1-4H3. The van der Waals surface area contributed by atoms with Gasteiger partial charge in [0.15, 0.2) is 11.2 Å². The highest BCUT2D eigenvalue weighted by Gasteiger charge is 2.53. The Labute approximate surface area is 459 Å². The molecule has 0 N–H and O–H groups in total. The van der Waals surface area contributed by atoms with Crippen LogP contribution in [0.2, 0.25) is 0 Å². The predicted octanol–water partition coefficient (Wildman–Crippen LogP) is 21.3. The van der Waals surface area contributed by atoms with Gasteiger partial charge in [-0.05, 0) is 162 Å². The summed E-state index contributed by atoms with van der Waals surface area (Å²) in [5.74, 6) is 0.827. The Morgan fingerprint density at radius 2 is 0.709 bits per heavy atom. The fraction of sp³-hybridized carbons (Fsp3) is 0.0933. The quantitative estimate of drug-likeness (QED) is 0.152. The minimum absolute atomic E-state index is 0.414. The van der Waals surface area contributed by atoms with Crippen LogP contribution in [0.5, 0.6) is 0 Å². The van der Waals surface area contributed by atoms with Gasteiger partial charge in [-0.1, -0.05) is 198 Å². The minimum Gasteiger partial charge on any atom is -0.454 e. The summed E-state index contributed by atoms with van der Waals surface area (Å²) in [5, 5.41) is 9.26. The zero-order valence-corrected chi connectivity index (χ0v) is 44.5. The number of nitrogens with zero attached hydrogens (tertiary/aromatic N) is 2. The van der Waals surface area contributed by atoms with Crippen LogP contribution in [0.15, 0.2) is 251 Å². The molecule has 0 atom stereocenters. The van der Waals surface area contributed by atoms with Gasteiger partial charge in [-0.3, -0.25) is 0 Å². The van der Waals surface area contributed by atoms with E-state index in [1.54, 1.807) is 0 Å². The summed E-state index contributed by atoms with van der Waals surface area (Å²) in [6.45, 7) is 9.01. The van der Waals surface area contributed by atoms with Crippen molar-refractivity contribution in [2.75, 3.05) is 9.80 Å².